The van der Waals surface area contributed by atoms with E-state index >= 15 is 0 Å². The zero-order valence-corrected chi connectivity index (χ0v) is 14.1. The number of rotatable bonds is 10. The number of amides is 2. The Balaban J connectivity index is 2.90. The fourth-order valence-electron chi connectivity index (χ4n) is 2.05. The maximum Gasteiger partial charge on any atom is 0.326 e. The van der Waals surface area contributed by atoms with Crippen molar-refractivity contribution in [2.45, 2.75) is 31.8 Å². The minimum Gasteiger partial charge on any atom is -0.480 e. The number of carbonyl (C=O) groups is 3. The van der Waals surface area contributed by atoms with Crippen LogP contribution in [-0.4, -0.2) is 44.8 Å². The van der Waals surface area contributed by atoms with E-state index in [0.29, 0.717) is 0 Å². The number of benzene rings is 1. The minimum absolute atomic E-state index is 0.155. The number of aliphatic carboxylic acids is 1. The monoisotopic (exact) mass is 383 g/mol. The van der Waals surface area contributed by atoms with Gasteiger partial charge in [0.2, 0.25) is 11.8 Å². The lowest BCUT2D eigenvalue weighted by Crippen LogP contribution is -2.47. The molecule has 27 heavy (non-hydrogen) atoms. The highest BCUT2D eigenvalue weighted by Gasteiger charge is 2.26. The molecule has 5 N–H and O–H groups in total. The summed E-state index contributed by atoms with van der Waals surface area (Å²) in [5.74, 6) is -2.92. The average Bonchev–Trinajstić information content (AvgIpc) is 2.57. The summed E-state index contributed by atoms with van der Waals surface area (Å²) in [5, 5.41) is 35.6. The zero-order valence-electron chi connectivity index (χ0n) is 14.1. The third kappa shape index (κ3) is 6.22. The van der Waals surface area contributed by atoms with Crippen molar-refractivity contribution in [1.82, 2.24) is 5.32 Å². The van der Waals surface area contributed by atoms with E-state index < -0.39 is 51.1 Å². The minimum atomic E-state index is -1.38. The molecule has 0 heterocycles. The van der Waals surface area contributed by atoms with Crippen molar-refractivity contribution in [2.24, 2.45) is 5.73 Å². The molecule has 2 amide bonds. The third-order valence-electron chi connectivity index (χ3n) is 3.45. The van der Waals surface area contributed by atoms with Crippen molar-refractivity contribution >= 4 is 34.8 Å². The van der Waals surface area contributed by atoms with Crippen molar-refractivity contribution < 1.29 is 29.3 Å². The van der Waals surface area contributed by atoms with Crippen molar-refractivity contribution in [1.29, 1.82) is 0 Å². The van der Waals surface area contributed by atoms with Crippen molar-refractivity contribution in [3.8, 4) is 0 Å². The van der Waals surface area contributed by atoms with Crippen LogP contribution in [0.25, 0.3) is 0 Å². The maximum atomic E-state index is 12.1. The van der Waals surface area contributed by atoms with E-state index in [4.69, 9.17) is 10.8 Å². The molecule has 0 aliphatic carbocycles. The number of nitrogens with zero attached hydrogens (tertiary/aromatic N) is 2. The Morgan fingerprint density at radius 1 is 1.22 bits per heavy atom. The van der Waals surface area contributed by atoms with Gasteiger partial charge in [0.15, 0.2) is 0 Å². The van der Waals surface area contributed by atoms with Gasteiger partial charge in [0.1, 0.15) is 17.8 Å². The van der Waals surface area contributed by atoms with Gasteiger partial charge in [-0.1, -0.05) is 0 Å². The van der Waals surface area contributed by atoms with Crippen molar-refractivity contribution in [2.75, 3.05) is 5.32 Å². The van der Waals surface area contributed by atoms with Gasteiger partial charge in [0, 0.05) is 12.5 Å². The average molecular weight is 383 g/mol. The van der Waals surface area contributed by atoms with Crippen LogP contribution < -0.4 is 16.4 Å². The molecule has 0 saturated heterocycles. The van der Waals surface area contributed by atoms with E-state index in [1.807, 2.05) is 0 Å². The maximum absolute atomic E-state index is 12.1. The van der Waals surface area contributed by atoms with Crippen LogP contribution in [0.15, 0.2) is 18.2 Å². The molecule has 13 heteroatoms. The third-order valence-corrected chi connectivity index (χ3v) is 3.45. The second-order valence-corrected chi connectivity index (χ2v) is 5.49. The largest absolute Gasteiger partial charge is 0.480 e. The highest BCUT2D eigenvalue weighted by molar-refractivity contribution is 5.89. The number of primary amides is 1. The molecule has 0 spiro atoms. The number of hydrogen-bond acceptors (Lipinski definition) is 8. The first-order chi connectivity index (χ1) is 12.5. The molecule has 0 aliphatic heterocycles. The van der Waals surface area contributed by atoms with E-state index in [-0.39, 0.29) is 18.5 Å². The summed E-state index contributed by atoms with van der Waals surface area (Å²) >= 11 is 0. The Kier molecular flexibility index (Phi) is 7.15. The number of non-ortho nitro benzene ring substituents is 1. The van der Waals surface area contributed by atoms with Gasteiger partial charge in [0.05, 0.1) is 15.9 Å². The van der Waals surface area contributed by atoms with E-state index in [2.05, 4.69) is 10.6 Å². The highest BCUT2D eigenvalue weighted by Crippen LogP contribution is 2.29. The van der Waals surface area contributed by atoms with Crippen molar-refractivity contribution in [3.05, 3.63) is 38.4 Å². The molecular weight excluding hydrogens is 366 g/mol. The number of carboxylic acid groups (broad SMARTS) is 1. The Morgan fingerprint density at radius 3 is 2.33 bits per heavy atom. The van der Waals surface area contributed by atoms with Gasteiger partial charge in [-0.2, -0.15) is 0 Å². The highest BCUT2D eigenvalue weighted by atomic mass is 16.6. The first-order valence-corrected chi connectivity index (χ1v) is 7.53. The summed E-state index contributed by atoms with van der Waals surface area (Å²) in [5.41, 5.74) is 3.67. The lowest BCUT2D eigenvalue weighted by atomic mass is 10.1. The van der Waals surface area contributed by atoms with Gasteiger partial charge >= 0.3 is 5.97 Å². The first-order valence-electron chi connectivity index (χ1n) is 7.53. The Hall–Kier alpha value is -3.77. The molecule has 0 fully saturated rings. The van der Waals surface area contributed by atoms with Gasteiger partial charge in [-0.15, -0.1) is 0 Å². The number of nitrogens with one attached hydrogen (secondary N) is 2. The molecule has 0 aromatic heterocycles. The van der Waals surface area contributed by atoms with Gasteiger partial charge in [-0.05, 0) is 19.4 Å². The molecule has 2 unspecified atom stereocenters. The number of hydrogen-bond donors (Lipinski definition) is 4. The summed E-state index contributed by atoms with van der Waals surface area (Å²) < 4.78 is 0. The van der Waals surface area contributed by atoms with Gasteiger partial charge < -0.3 is 21.5 Å². The number of carboxylic acids is 1. The van der Waals surface area contributed by atoms with E-state index in [1.54, 1.807) is 0 Å². The van der Waals surface area contributed by atoms with Crippen LogP contribution in [0.1, 0.15) is 19.8 Å². The Labute approximate surface area is 151 Å². The normalized spacial score (nSPS) is 12.5. The molecule has 0 aliphatic rings. The predicted molar refractivity (Wildman–Crippen MR) is 90.8 cm³/mol. The molecule has 0 radical (unpaired) electrons. The standard InChI is InChI=1S/C14H17N5O8/c1-7(13(21)17-10(14(22)23)4-5-12(15)20)16-9-3-2-8(18(24)25)6-11(9)19(26)27/h2-3,6-7,10,16H,4-5H2,1H3,(H2,15,20)(H,17,21)(H,22,23). The Morgan fingerprint density at radius 2 is 1.85 bits per heavy atom. The SMILES string of the molecule is CC(Nc1ccc([N+](=O)[O-])cc1[N+](=O)[O-])C(=O)NC(CCC(N)=O)C(=O)O. The first kappa shape index (κ1) is 21.3. The lowest BCUT2D eigenvalue weighted by Gasteiger charge is -2.19. The van der Waals surface area contributed by atoms with Gasteiger partial charge in [0.25, 0.3) is 11.4 Å². The molecule has 1 aromatic rings. The van der Waals surface area contributed by atoms with Crippen molar-refractivity contribution in [3.63, 3.8) is 0 Å². The summed E-state index contributed by atoms with van der Waals surface area (Å²) in [7, 11) is 0. The molecule has 1 rings (SSSR count). The van der Waals surface area contributed by atoms with Gasteiger partial charge in [-0.25, -0.2) is 4.79 Å². The van der Waals surface area contributed by atoms with Crippen LogP contribution in [0.4, 0.5) is 17.1 Å². The van der Waals surface area contributed by atoms with Crippen LogP contribution >= 0.6 is 0 Å². The lowest BCUT2D eigenvalue weighted by molar-refractivity contribution is -0.393. The van der Waals surface area contributed by atoms with E-state index in [9.17, 15) is 34.6 Å². The number of carbonyl (C=O) groups excluding carboxylic acids is 2. The molecule has 2 atom stereocenters. The van der Waals surface area contributed by atoms with E-state index in [1.165, 1.54) is 6.92 Å². The number of nitrogens with two attached hydrogens (primary N) is 1. The summed E-state index contributed by atoms with van der Waals surface area (Å²) in [6, 6.07) is 0.343. The van der Waals surface area contributed by atoms with E-state index in [0.717, 1.165) is 18.2 Å². The summed E-state index contributed by atoms with van der Waals surface area (Å²) in [6.45, 7) is 1.31. The molecular formula is C14H17N5O8. The smallest absolute Gasteiger partial charge is 0.326 e. The number of anilines is 1. The topological polar surface area (TPSA) is 208 Å². The van der Waals surface area contributed by atoms with Gasteiger partial charge in [-0.3, -0.25) is 29.8 Å². The fourth-order valence-corrected chi connectivity index (χ4v) is 2.05. The zero-order chi connectivity index (χ0) is 20.7. The Bertz CT molecular complexity index is 781. The van der Waals surface area contributed by atoms with Crippen LogP contribution in [0.5, 0.6) is 0 Å². The van der Waals surface area contributed by atoms with Crippen LogP contribution in [0, 0.1) is 20.2 Å². The quantitative estimate of drug-likeness (QED) is 0.319. The fraction of sp³-hybridized carbons (Fsp3) is 0.357. The summed E-state index contributed by atoms with van der Waals surface area (Å²) in [4.78, 5) is 54.2. The van der Waals surface area contributed by atoms with Crippen LogP contribution in [0.2, 0.25) is 0 Å². The predicted octanol–water partition coefficient (Wildman–Crippen LogP) is 0.138. The second-order valence-electron chi connectivity index (χ2n) is 5.49. The molecule has 146 valence electrons. The van der Waals surface area contributed by atoms with Crippen LogP contribution in [-0.2, 0) is 14.4 Å². The molecule has 1 aromatic carbocycles. The number of nitro benzene ring substituents is 2. The molecule has 0 bridgehead atoms. The molecule has 0 saturated carbocycles. The second kappa shape index (κ2) is 9.07. The summed E-state index contributed by atoms with van der Waals surface area (Å²) in [6.07, 6.45) is -0.478. The van der Waals surface area contributed by atoms with Crippen LogP contribution in [0.3, 0.4) is 0 Å². The molecule has 13 nitrogen and oxygen atoms in total. The number of nitro groups is 2.